The summed E-state index contributed by atoms with van der Waals surface area (Å²) in [4.78, 5) is 22.5. The number of methoxy groups -OCH3 is 1. The first kappa shape index (κ1) is 29.4. The van der Waals surface area contributed by atoms with Gasteiger partial charge in [0.1, 0.15) is 22.7 Å². The lowest BCUT2D eigenvalue weighted by Gasteiger charge is -2.35. The summed E-state index contributed by atoms with van der Waals surface area (Å²) in [6.45, 7) is 12.8. The van der Waals surface area contributed by atoms with Crippen molar-refractivity contribution in [3.8, 4) is 11.5 Å². The molecule has 0 radical (unpaired) electrons. The Morgan fingerprint density at radius 1 is 1.12 bits per heavy atom. The predicted molar refractivity (Wildman–Crippen MR) is 170 cm³/mol. The van der Waals surface area contributed by atoms with Crippen LogP contribution in [0.15, 0.2) is 72.6 Å². The second kappa shape index (κ2) is 12.8. The fraction of sp³-hybridized carbons (Fsp3) is 0.371. The summed E-state index contributed by atoms with van der Waals surface area (Å²) in [5, 5.41) is 4.47. The number of anilines is 1. The van der Waals surface area contributed by atoms with E-state index < -0.39 is 5.97 Å². The number of rotatable bonds is 11. The van der Waals surface area contributed by atoms with E-state index in [1.54, 1.807) is 17.8 Å². The van der Waals surface area contributed by atoms with Crippen LogP contribution in [0.25, 0.3) is 16.6 Å². The molecule has 0 saturated carbocycles. The van der Waals surface area contributed by atoms with Gasteiger partial charge in [0.25, 0.3) is 0 Å². The zero-order chi connectivity index (χ0) is 29.7. The molecule has 2 aromatic carbocycles. The Kier molecular flexibility index (Phi) is 8.97. The number of hydrogen-bond acceptors (Lipinski definition) is 6. The van der Waals surface area contributed by atoms with Crippen LogP contribution in [-0.4, -0.2) is 54.1 Å². The lowest BCUT2D eigenvalue weighted by Crippen LogP contribution is -2.32. The van der Waals surface area contributed by atoms with Crippen molar-refractivity contribution >= 4 is 28.3 Å². The van der Waals surface area contributed by atoms with E-state index in [1.807, 2.05) is 30.5 Å². The minimum atomic E-state index is -0.447. The van der Waals surface area contributed by atoms with Gasteiger partial charge in [-0.25, -0.2) is 9.78 Å². The molecule has 0 fully saturated rings. The number of benzene rings is 2. The topological polar surface area (TPSA) is 79.5 Å². The number of carbonyl (C=O) groups excluding carboxylic acids is 1. The highest BCUT2D eigenvalue weighted by Gasteiger charge is 2.28. The number of carbonyl (C=O) groups is 1. The first-order chi connectivity index (χ1) is 20.2. The molecule has 42 heavy (non-hydrogen) atoms. The SMILES string of the molecule is CCN(CCNc1ccc(C(=O)OC)c(Oc2cnc3[nH]ccc3c2)c1)CC1=C(c2ccc(C)cc2)CC(C)(C)CC1. The number of ether oxygens (including phenoxy) is 2. The first-order valence-corrected chi connectivity index (χ1v) is 14.8. The van der Waals surface area contributed by atoms with Crippen molar-refractivity contribution in [3.05, 3.63) is 89.3 Å². The van der Waals surface area contributed by atoms with E-state index in [-0.39, 0.29) is 0 Å². The highest BCUT2D eigenvalue weighted by Crippen LogP contribution is 2.43. The second-order valence-corrected chi connectivity index (χ2v) is 12.0. The number of likely N-dealkylation sites (N-methyl/N-ethyl adjacent to an activating group) is 1. The molecule has 0 saturated heterocycles. The fourth-order valence-electron chi connectivity index (χ4n) is 5.64. The van der Waals surface area contributed by atoms with Crippen LogP contribution in [0.5, 0.6) is 11.5 Å². The van der Waals surface area contributed by atoms with Crippen molar-refractivity contribution in [1.29, 1.82) is 0 Å². The van der Waals surface area contributed by atoms with Gasteiger partial charge in [0.2, 0.25) is 0 Å². The van der Waals surface area contributed by atoms with Gasteiger partial charge in [-0.2, -0.15) is 0 Å². The van der Waals surface area contributed by atoms with Crippen LogP contribution in [0.3, 0.4) is 0 Å². The van der Waals surface area contributed by atoms with Gasteiger partial charge in [-0.15, -0.1) is 0 Å². The summed E-state index contributed by atoms with van der Waals surface area (Å²) in [7, 11) is 1.37. The second-order valence-electron chi connectivity index (χ2n) is 12.0. The molecular weight excluding hydrogens is 524 g/mol. The minimum Gasteiger partial charge on any atom is -0.465 e. The van der Waals surface area contributed by atoms with E-state index in [1.165, 1.54) is 30.2 Å². The predicted octanol–water partition coefficient (Wildman–Crippen LogP) is 7.85. The number of aromatic nitrogens is 2. The molecule has 1 aliphatic rings. The zero-order valence-electron chi connectivity index (χ0n) is 25.4. The lowest BCUT2D eigenvalue weighted by atomic mass is 9.72. The van der Waals surface area contributed by atoms with Crippen molar-refractivity contribution < 1.29 is 14.3 Å². The molecule has 0 bridgehead atoms. The molecule has 7 heteroatoms. The van der Waals surface area contributed by atoms with E-state index in [2.05, 4.69) is 72.1 Å². The largest absolute Gasteiger partial charge is 0.465 e. The van der Waals surface area contributed by atoms with E-state index >= 15 is 0 Å². The van der Waals surface area contributed by atoms with E-state index in [9.17, 15) is 4.79 Å². The standard InChI is InChI=1S/C35H42N4O3/c1-6-39(23-27-13-15-35(3,4)21-31(27)25-9-7-24(2)8-10-25)18-17-36-28-11-12-30(34(40)41-5)32(20-28)42-29-19-26-14-16-37-33(26)38-22-29/h7-12,14,16,19-20,22,36H,6,13,15,17-18,21,23H2,1-5H3,(H,37,38). The molecular formula is C35H42N4O3. The maximum absolute atomic E-state index is 12.5. The van der Waals surface area contributed by atoms with Gasteiger partial charge in [-0.05, 0) is 73.5 Å². The van der Waals surface area contributed by atoms with Crippen LogP contribution < -0.4 is 10.1 Å². The number of esters is 1. The first-order valence-electron chi connectivity index (χ1n) is 14.8. The van der Waals surface area contributed by atoms with Crippen LogP contribution in [0.4, 0.5) is 5.69 Å². The Bertz CT molecular complexity index is 1570. The van der Waals surface area contributed by atoms with Crippen LogP contribution in [0.2, 0.25) is 0 Å². The Morgan fingerprint density at radius 3 is 2.69 bits per heavy atom. The normalized spacial score (nSPS) is 14.8. The summed E-state index contributed by atoms with van der Waals surface area (Å²) >= 11 is 0. The monoisotopic (exact) mass is 566 g/mol. The summed E-state index contributed by atoms with van der Waals surface area (Å²) in [5.41, 5.74) is 8.08. The molecule has 0 atom stereocenters. The lowest BCUT2D eigenvalue weighted by molar-refractivity contribution is 0.0598. The maximum atomic E-state index is 12.5. The molecule has 0 spiro atoms. The number of nitrogens with zero attached hydrogens (tertiary/aromatic N) is 2. The van der Waals surface area contributed by atoms with Crippen molar-refractivity contribution in [2.24, 2.45) is 5.41 Å². The number of pyridine rings is 1. The van der Waals surface area contributed by atoms with E-state index in [0.29, 0.717) is 22.5 Å². The van der Waals surface area contributed by atoms with Crippen molar-refractivity contribution in [3.63, 3.8) is 0 Å². The van der Waals surface area contributed by atoms with Crippen LogP contribution in [0, 0.1) is 12.3 Å². The highest BCUT2D eigenvalue weighted by atomic mass is 16.5. The number of fused-ring (bicyclic) bond motifs is 1. The third-order valence-corrected chi connectivity index (χ3v) is 8.19. The number of H-pyrrole nitrogens is 1. The Labute approximate surface area is 248 Å². The molecule has 2 N–H and O–H groups in total. The van der Waals surface area contributed by atoms with Gasteiger partial charge in [-0.3, -0.25) is 4.90 Å². The molecule has 0 aliphatic heterocycles. The van der Waals surface area contributed by atoms with Gasteiger partial charge < -0.3 is 19.8 Å². The van der Waals surface area contributed by atoms with Gasteiger partial charge in [0.15, 0.2) is 0 Å². The number of aryl methyl sites for hydroxylation is 1. The molecule has 7 nitrogen and oxygen atoms in total. The molecule has 0 unspecified atom stereocenters. The van der Waals surface area contributed by atoms with Gasteiger partial charge >= 0.3 is 5.97 Å². The fourth-order valence-corrected chi connectivity index (χ4v) is 5.64. The van der Waals surface area contributed by atoms with Crippen molar-refractivity contribution in [2.45, 2.75) is 47.0 Å². The summed E-state index contributed by atoms with van der Waals surface area (Å²) in [6.07, 6.45) is 6.95. The van der Waals surface area contributed by atoms with E-state index in [0.717, 1.165) is 55.7 Å². The smallest absolute Gasteiger partial charge is 0.341 e. The summed E-state index contributed by atoms with van der Waals surface area (Å²) in [6, 6.07) is 18.3. The van der Waals surface area contributed by atoms with Crippen molar-refractivity contribution in [1.82, 2.24) is 14.9 Å². The Morgan fingerprint density at radius 2 is 1.93 bits per heavy atom. The highest BCUT2D eigenvalue weighted by molar-refractivity contribution is 5.93. The quantitative estimate of drug-likeness (QED) is 0.180. The summed E-state index contributed by atoms with van der Waals surface area (Å²) in [5.74, 6) is 0.529. The third-order valence-electron chi connectivity index (χ3n) is 8.19. The maximum Gasteiger partial charge on any atom is 0.341 e. The third kappa shape index (κ3) is 7.02. The Hall–Kier alpha value is -4.10. The number of aromatic amines is 1. The average molecular weight is 567 g/mol. The average Bonchev–Trinajstić information content (AvgIpc) is 3.45. The Balaban J connectivity index is 1.28. The molecule has 2 heterocycles. The van der Waals surface area contributed by atoms with Gasteiger partial charge in [0.05, 0.1) is 13.3 Å². The van der Waals surface area contributed by atoms with Crippen LogP contribution in [-0.2, 0) is 4.74 Å². The van der Waals surface area contributed by atoms with Gasteiger partial charge in [-0.1, -0.05) is 56.2 Å². The van der Waals surface area contributed by atoms with Crippen molar-refractivity contribution in [2.75, 3.05) is 38.6 Å². The molecule has 0 amide bonds. The van der Waals surface area contributed by atoms with Crippen LogP contribution >= 0.6 is 0 Å². The minimum absolute atomic E-state index is 0.321. The molecule has 2 aromatic heterocycles. The summed E-state index contributed by atoms with van der Waals surface area (Å²) < 4.78 is 11.1. The molecule has 1 aliphatic carbocycles. The van der Waals surface area contributed by atoms with Crippen LogP contribution in [0.1, 0.15) is 61.5 Å². The number of nitrogens with one attached hydrogen (secondary N) is 2. The molecule has 5 rings (SSSR count). The molecule has 4 aromatic rings. The van der Waals surface area contributed by atoms with E-state index in [4.69, 9.17) is 9.47 Å². The zero-order valence-corrected chi connectivity index (χ0v) is 25.4. The number of hydrogen-bond donors (Lipinski definition) is 2. The number of allylic oxidation sites excluding steroid dienone is 1. The molecule has 220 valence electrons. The van der Waals surface area contributed by atoms with Gasteiger partial charge in [0, 0.05) is 43.0 Å².